The van der Waals surface area contributed by atoms with Gasteiger partial charge >= 0.3 is 0 Å². The maximum absolute atomic E-state index is 6.51. The minimum Gasteiger partial charge on any atom is -0.321 e. The molecule has 0 aromatic heterocycles. The van der Waals surface area contributed by atoms with Gasteiger partial charge in [-0.15, -0.1) is 0 Å². The second kappa shape index (κ2) is 5.25. The van der Waals surface area contributed by atoms with Crippen LogP contribution >= 0.6 is 15.9 Å². The first-order valence-corrected chi connectivity index (χ1v) is 6.88. The summed E-state index contributed by atoms with van der Waals surface area (Å²) in [4.78, 5) is 0. The predicted octanol–water partition coefficient (Wildman–Crippen LogP) is 4.17. The summed E-state index contributed by atoms with van der Waals surface area (Å²) in [5, 5.41) is 0. The molecular formula is C16H18BrN. The van der Waals surface area contributed by atoms with Crippen LogP contribution in [0.3, 0.4) is 0 Å². The van der Waals surface area contributed by atoms with Gasteiger partial charge < -0.3 is 5.73 Å². The molecular weight excluding hydrogens is 286 g/mol. The van der Waals surface area contributed by atoms with E-state index in [-0.39, 0.29) is 5.54 Å². The smallest absolute Gasteiger partial charge is 0.0424 e. The summed E-state index contributed by atoms with van der Waals surface area (Å²) in [5.41, 5.74) is 9.87. The van der Waals surface area contributed by atoms with Crippen molar-refractivity contribution < 1.29 is 0 Å². The number of nitrogens with two attached hydrogens (primary N) is 1. The Balaban J connectivity index is 2.30. The van der Waals surface area contributed by atoms with Crippen LogP contribution in [0, 0.1) is 6.92 Å². The lowest BCUT2D eigenvalue weighted by molar-refractivity contribution is 0.488. The SMILES string of the molecule is Cc1ccccc1C(C)(N)Cc1cccc(Br)c1. The number of rotatable bonds is 3. The highest BCUT2D eigenvalue weighted by atomic mass is 79.9. The lowest BCUT2D eigenvalue weighted by atomic mass is 9.84. The molecule has 2 aromatic rings. The molecule has 1 nitrogen and oxygen atoms in total. The van der Waals surface area contributed by atoms with Crippen molar-refractivity contribution in [3.05, 3.63) is 69.7 Å². The topological polar surface area (TPSA) is 26.0 Å². The van der Waals surface area contributed by atoms with Crippen molar-refractivity contribution in [1.29, 1.82) is 0 Å². The Morgan fingerprint density at radius 3 is 2.50 bits per heavy atom. The fourth-order valence-electron chi connectivity index (χ4n) is 2.38. The van der Waals surface area contributed by atoms with E-state index in [1.165, 1.54) is 16.7 Å². The molecule has 2 N–H and O–H groups in total. The Bertz CT molecular complexity index is 546. The molecule has 1 atom stereocenters. The first-order chi connectivity index (χ1) is 8.49. The molecule has 1 unspecified atom stereocenters. The molecule has 94 valence electrons. The van der Waals surface area contributed by atoms with Crippen molar-refractivity contribution in [1.82, 2.24) is 0 Å². The molecule has 18 heavy (non-hydrogen) atoms. The standard InChI is InChI=1S/C16H18BrN/c1-12-6-3-4-9-15(12)16(2,18)11-13-7-5-8-14(17)10-13/h3-10H,11,18H2,1-2H3. The van der Waals surface area contributed by atoms with Crippen molar-refractivity contribution in [2.24, 2.45) is 5.73 Å². The van der Waals surface area contributed by atoms with Crippen molar-refractivity contribution >= 4 is 15.9 Å². The summed E-state index contributed by atoms with van der Waals surface area (Å²) in [6.07, 6.45) is 0.831. The zero-order valence-corrected chi connectivity index (χ0v) is 12.4. The molecule has 2 rings (SSSR count). The molecule has 0 aliphatic heterocycles. The summed E-state index contributed by atoms with van der Waals surface area (Å²) in [6.45, 7) is 4.21. The van der Waals surface area contributed by atoms with Crippen LogP contribution in [0.5, 0.6) is 0 Å². The third kappa shape index (κ3) is 3.01. The third-order valence-electron chi connectivity index (χ3n) is 3.22. The van der Waals surface area contributed by atoms with Gasteiger partial charge in [-0.3, -0.25) is 0 Å². The average molecular weight is 304 g/mol. The summed E-state index contributed by atoms with van der Waals surface area (Å²) in [6, 6.07) is 16.7. The van der Waals surface area contributed by atoms with E-state index in [9.17, 15) is 0 Å². The number of hydrogen-bond acceptors (Lipinski definition) is 1. The van der Waals surface area contributed by atoms with Gasteiger partial charge in [0, 0.05) is 10.0 Å². The monoisotopic (exact) mass is 303 g/mol. The molecule has 0 bridgehead atoms. The Morgan fingerprint density at radius 2 is 1.83 bits per heavy atom. The van der Waals surface area contributed by atoms with E-state index in [1.807, 2.05) is 24.3 Å². The van der Waals surface area contributed by atoms with Crippen molar-refractivity contribution in [2.45, 2.75) is 25.8 Å². The lowest BCUT2D eigenvalue weighted by Gasteiger charge is -2.27. The predicted molar refractivity (Wildman–Crippen MR) is 80.6 cm³/mol. The van der Waals surface area contributed by atoms with Gasteiger partial charge in [0.05, 0.1) is 0 Å². The summed E-state index contributed by atoms with van der Waals surface area (Å²) < 4.78 is 1.10. The summed E-state index contributed by atoms with van der Waals surface area (Å²) in [5.74, 6) is 0. The van der Waals surface area contributed by atoms with E-state index >= 15 is 0 Å². The van der Waals surface area contributed by atoms with Crippen LogP contribution in [0.4, 0.5) is 0 Å². The minimum atomic E-state index is -0.341. The molecule has 0 aliphatic carbocycles. The zero-order valence-electron chi connectivity index (χ0n) is 10.8. The van der Waals surface area contributed by atoms with Crippen LogP contribution in [-0.4, -0.2) is 0 Å². The van der Waals surface area contributed by atoms with Crippen LogP contribution in [-0.2, 0) is 12.0 Å². The van der Waals surface area contributed by atoms with Crippen LogP contribution in [0.25, 0.3) is 0 Å². The number of aryl methyl sites for hydroxylation is 1. The van der Waals surface area contributed by atoms with Gasteiger partial charge in [-0.1, -0.05) is 52.3 Å². The maximum atomic E-state index is 6.51. The highest BCUT2D eigenvalue weighted by Gasteiger charge is 2.23. The summed E-state index contributed by atoms with van der Waals surface area (Å²) >= 11 is 3.50. The van der Waals surface area contributed by atoms with Crippen LogP contribution in [0.2, 0.25) is 0 Å². The van der Waals surface area contributed by atoms with E-state index in [1.54, 1.807) is 0 Å². The fraction of sp³-hybridized carbons (Fsp3) is 0.250. The van der Waals surface area contributed by atoms with Crippen molar-refractivity contribution in [2.75, 3.05) is 0 Å². The Kier molecular flexibility index (Phi) is 3.88. The molecule has 0 heterocycles. The van der Waals surface area contributed by atoms with E-state index in [4.69, 9.17) is 5.73 Å². The molecule has 2 heteroatoms. The van der Waals surface area contributed by atoms with Gasteiger partial charge in [-0.05, 0) is 49.1 Å². The fourth-order valence-corrected chi connectivity index (χ4v) is 2.83. The average Bonchev–Trinajstić information content (AvgIpc) is 2.28. The van der Waals surface area contributed by atoms with Crippen molar-refractivity contribution in [3.63, 3.8) is 0 Å². The van der Waals surface area contributed by atoms with E-state index in [2.05, 4.69) is 54.0 Å². The first-order valence-electron chi connectivity index (χ1n) is 6.08. The van der Waals surface area contributed by atoms with E-state index in [0.29, 0.717) is 0 Å². The molecule has 0 saturated heterocycles. The van der Waals surface area contributed by atoms with E-state index in [0.717, 1.165) is 10.9 Å². The molecule has 0 aliphatic rings. The third-order valence-corrected chi connectivity index (χ3v) is 3.71. The normalized spacial score (nSPS) is 14.2. The van der Waals surface area contributed by atoms with Crippen LogP contribution < -0.4 is 5.73 Å². The molecule has 0 spiro atoms. The zero-order chi connectivity index (χ0) is 13.2. The van der Waals surface area contributed by atoms with Gasteiger partial charge in [0.15, 0.2) is 0 Å². The largest absolute Gasteiger partial charge is 0.321 e. The highest BCUT2D eigenvalue weighted by Crippen LogP contribution is 2.26. The Morgan fingerprint density at radius 1 is 1.11 bits per heavy atom. The Hall–Kier alpha value is -1.12. The Labute approximate surface area is 117 Å². The second-order valence-electron chi connectivity index (χ2n) is 5.04. The van der Waals surface area contributed by atoms with Gasteiger partial charge in [0.1, 0.15) is 0 Å². The quantitative estimate of drug-likeness (QED) is 0.904. The van der Waals surface area contributed by atoms with Crippen LogP contribution in [0.1, 0.15) is 23.6 Å². The second-order valence-corrected chi connectivity index (χ2v) is 5.95. The molecule has 0 fully saturated rings. The van der Waals surface area contributed by atoms with Gasteiger partial charge in [0.25, 0.3) is 0 Å². The minimum absolute atomic E-state index is 0.341. The molecule has 0 saturated carbocycles. The molecule has 0 radical (unpaired) electrons. The van der Waals surface area contributed by atoms with Gasteiger partial charge in [0.2, 0.25) is 0 Å². The molecule has 0 amide bonds. The van der Waals surface area contributed by atoms with E-state index < -0.39 is 0 Å². The van der Waals surface area contributed by atoms with Gasteiger partial charge in [-0.25, -0.2) is 0 Å². The highest BCUT2D eigenvalue weighted by molar-refractivity contribution is 9.10. The summed E-state index contributed by atoms with van der Waals surface area (Å²) in [7, 11) is 0. The lowest BCUT2D eigenvalue weighted by Crippen LogP contribution is -2.36. The van der Waals surface area contributed by atoms with Crippen molar-refractivity contribution in [3.8, 4) is 0 Å². The maximum Gasteiger partial charge on any atom is 0.0424 e. The van der Waals surface area contributed by atoms with Gasteiger partial charge in [-0.2, -0.15) is 0 Å². The molecule has 2 aromatic carbocycles. The van der Waals surface area contributed by atoms with Crippen LogP contribution in [0.15, 0.2) is 53.0 Å². The number of halogens is 1. The number of benzene rings is 2. The first kappa shape index (κ1) is 13.3. The number of hydrogen-bond donors (Lipinski definition) is 1.